The highest BCUT2D eigenvalue weighted by Crippen LogP contribution is 2.40. The number of aliphatic hydroxyl groups excluding tert-OH is 1. The molecule has 1 heterocycles. The number of piperidine rings is 1. The molecule has 0 bridgehead atoms. The zero-order valence-electron chi connectivity index (χ0n) is 12.3. The summed E-state index contributed by atoms with van der Waals surface area (Å²) in [5.41, 5.74) is 0.0700. The number of rotatable bonds is 5. The van der Waals surface area contributed by atoms with E-state index in [9.17, 15) is 5.11 Å². The van der Waals surface area contributed by atoms with Crippen molar-refractivity contribution >= 4 is 0 Å². The highest BCUT2D eigenvalue weighted by molar-refractivity contribution is 5.01. The molecule has 0 aromatic carbocycles. The Kier molecular flexibility index (Phi) is 4.68. The normalized spacial score (nSPS) is 33.3. The molecule has 106 valence electrons. The van der Waals surface area contributed by atoms with E-state index in [-0.39, 0.29) is 11.5 Å². The Morgan fingerprint density at radius 2 is 1.94 bits per heavy atom. The molecule has 1 saturated carbocycles. The minimum atomic E-state index is -0.112. The van der Waals surface area contributed by atoms with Crippen molar-refractivity contribution in [1.29, 1.82) is 0 Å². The summed E-state index contributed by atoms with van der Waals surface area (Å²) in [5.74, 6) is 0.927. The molecule has 2 unspecified atom stereocenters. The van der Waals surface area contributed by atoms with E-state index in [0.29, 0.717) is 6.04 Å². The molecule has 0 aromatic rings. The van der Waals surface area contributed by atoms with E-state index >= 15 is 0 Å². The zero-order valence-corrected chi connectivity index (χ0v) is 12.3. The number of nitrogens with one attached hydrogen (secondary N) is 1. The van der Waals surface area contributed by atoms with E-state index in [1.54, 1.807) is 0 Å². The van der Waals surface area contributed by atoms with Crippen LogP contribution in [0.5, 0.6) is 0 Å². The van der Waals surface area contributed by atoms with Crippen LogP contribution in [0.15, 0.2) is 0 Å². The second-order valence-electron chi connectivity index (χ2n) is 6.96. The van der Waals surface area contributed by atoms with Crippen LogP contribution >= 0.6 is 0 Å². The van der Waals surface area contributed by atoms with Gasteiger partial charge in [-0.15, -0.1) is 0 Å². The van der Waals surface area contributed by atoms with Crippen LogP contribution in [0.2, 0.25) is 0 Å². The van der Waals surface area contributed by atoms with E-state index in [4.69, 9.17) is 0 Å². The summed E-state index contributed by atoms with van der Waals surface area (Å²) in [5, 5.41) is 13.3. The molecule has 0 spiro atoms. The molecule has 2 fully saturated rings. The molecule has 1 aliphatic heterocycles. The number of likely N-dealkylation sites (tertiary alicyclic amines) is 1. The smallest absolute Gasteiger partial charge is 0.0621 e. The Bertz CT molecular complexity index is 259. The lowest BCUT2D eigenvalue weighted by Gasteiger charge is -2.49. The fraction of sp³-hybridized carbons (Fsp3) is 1.00. The number of aliphatic hydroxyl groups is 1. The van der Waals surface area contributed by atoms with Gasteiger partial charge in [0.05, 0.1) is 6.10 Å². The van der Waals surface area contributed by atoms with E-state index in [1.807, 2.05) is 0 Å². The fourth-order valence-corrected chi connectivity index (χ4v) is 3.11. The topological polar surface area (TPSA) is 35.5 Å². The highest BCUT2D eigenvalue weighted by atomic mass is 16.3. The molecule has 3 heteroatoms. The third kappa shape index (κ3) is 3.25. The summed E-state index contributed by atoms with van der Waals surface area (Å²) in [7, 11) is 0. The predicted octanol–water partition coefficient (Wildman–Crippen LogP) is 1.86. The predicted molar refractivity (Wildman–Crippen MR) is 75.7 cm³/mol. The van der Waals surface area contributed by atoms with E-state index in [2.05, 4.69) is 31.0 Å². The molecule has 0 aromatic heterocycles. The summed E-state index contributed by atoms with van der Waals surface area (Å²) in [4.78, 5) is 2.60. The minimum Gasteiger partial charge on any atom is -0.392 e. The van der Waals surface area contributed by atoms with Crippen LogP contribution in [0.4, 0.5) is 0 Å². The lowest BCUT2D eigenvalue weighted by atomic mass is 9.64. The van der Waals surface area contributed by atoms with Gasteiger partial charge < -0.3 is 15.3 Å². The van der Waals surface area contributed by atoms with Gasteiger partial charge in [-0.05, 0) is 57.8 Å². The first kappa shape index (κ1) is 14.3. The van der Waals surface area contributed by atoms with Crippen molar-refractivity contribution in [3.8, 4) is 0 Å². The van der Waals surface area contributed by atoms with Crippen LogP contribution in [0.1, 0.15) is 46.5 Å². The summed E-state index contributed by atoms with van der Waals surface area (Å²) in [6.07, 6.45) is 4.79. The van der Waals surface area contributed by atoms with Crippen molar-refractivity contribution in [1.82, 2.24) is 10.2 Å². The average molecular weight is 254 g/mol. The van der Waals surface area contributed by atoms with Crippen molar-refractivity contribution in [2.75, 3.05) is 26.2 Å². The van der Waals surface area contributed by atoms with Gasteiger partial charge in [0.2, 0.25) is 0 Å². The average Bonchev–Trinajstić information content (AvgIpc) is 2.35. The zero-order chi connectivity index (χ0) is 13.2. The van der Waals surface area contributed by atoms with Gasteiger partial charge in [-0.1, -0.05) is 20.8 Å². The van der Waals surface area contributed by atoms with E-state index in [0.717, 1.165) is 18.9 Å². The fourth-order valence-electron chi connectivity index (χ4n) is 3.11. The molecule has 2 rings (SSSR count). The Morgan fingerprint density at radius 1 is 1.28 bits per heavy atom. The molecule has 2 atom stereocenters. The largest absolute Gasteiger partial charge is 0.392 e. The molecule has 2 aliphatic rings. The number of nitrogens with zero attached hydrogens (tertiary/aromatic N) is 1. The Hall–Kier alpha value is -0.120. The molecule has 0 radical (unpaired) electrons. The van der Waals surface area contributed by atoms with Crippen LogP contribution < -0.4 is 5.32 Å². The van der Waals surface area contributed by atoms with Crippen LogP contribution in [0.25, 0.3) is 0 Å². The van der Waals surface area contributed by atoms with Gasteiger partial charge in [0.15, 0.2) is 0 Å². The van der Waals surface area contributed by atoms with Crippen LogP contribution in [0, 0.1) is 11.3 Å². The first-order chi connectivity index (χ1) is 8.50. The van der Waals surface area contributed by atoms with Gasteiger partial charge in [0, 0.05) is 11.5 Å². The monoisotopic (exact) mass is 254 g/mol. The van der Waals surface area contributed by atoms with Gasteiger partial charge in [-0.2, -0.15) is 0 Å². The molecule has 1 aliphatic carbocycles. The Morgan fingerprint density at radius 3 is 2.50 bits per heavy atom. The Labute approximate surface area is 112 Å². The van der Waals surface area contributed by atoms with Gasteiger partial charge in [-0.3, -0.25) is 0 Å². The molecular formula is C15H30N2O. The molecule has 2 N–H and O–H groups in total. The summed E-state index contributed by atoms with van der Waals surface area (Å²) in [6.45, 7) is 11.6. The van der Waals surface area contributed by atoms with Gasteiger partial charge in [0.1, 0.15) is 0 Å². The molecule has 1 saturated heterocycles. The molecule has 18 heavy (non-hydrogen) atoms. The van der Waals surface area contributed by atoms with Crippen molar-refractivity contribution < 1.29 is 5.11 Å². The second kappa shape index (κ2) is 5.89. The quantitative estimate of drug-likeness (QED) is 0.735. The molecule has 3 nitrogen and oxygen atoms in total. The second-order valence-corrected chi connectivity index (χ2v) is 6.96. The molecular weight excluding hydrogens is 224 g/mol. The Balaban J connectivity index is 1.54. The molecule has 0 amide bonds. The summed E-state index contributed by atoms with van der Waals surface area (Å²) in [6, 6.07) is 0.508. The van der Waals surface area contributed by atoms with Gasteiger partial charge in [-0.25, -0.2) is 0 Å². The van der Waals surface area contributed by atoms with Crippen LogP contribution in [0.3, 0.4) is 0 Å². The van der Waals surface area contributed by atoms with E-state index in [1.165, 1.54) is 38.9 Å². The van der Waals surface area contributed by atoms with Crippen LogP contribution in [-0.2, 0) is 0 Å². The minimum absolute atomic E-state index is 0.0700. The highest BCUT2D eigenvalue weighted by Gasteiger charge is 2.46. The number of hydrogen-bond acceptors (Lipinski definition) is 3. The maximum Gasteiger partial charge on any atom is 0.0621 e. The van der Waals surface area contributed by atoms with Gasteiger partial charge >= 0.3 is 0 Å². The van der Waals surface area contributed by atoms with Crippen molar-refractivity contribution in [2.45, 2.75) is 58.6 Å². The number of hydrogen-bond donors (Lipinski definition) is 2. The third-order valence-corrected chi connectivity index (χ3v) is 5.13. The van der Waals surface area contributed by atoms with Crippen molar-refractivity contribution in [3.63, 3.8) is 0 Å². The summed E-state index contributed by atoms with van der Waals surface area (Å²) < 4.78 is 0. The van der Waals surface area contributed by atoms with Crippen molar-refractivity contribution in [2.24, 2.45) is 11.3 Å². The maximum atomic E-state index is 9.68. The lowest BCUT2D eigenvalue weighted by molar-refractivity contribution is -0.0723. The summed E-state index contributed by atoms with van der Waals surface area (Å²) >= 11 is 0. The first-order valence-corrected chi connectivity index (χ1v) is 7.64. The van der Waals surface area contributed by atoms with Crippen molar-refractivity contribution in [3.05, 3.63) is 0 Å². The third-order valence-electron chi connectivity index (χ3n) is 5.13. The van der Waals surface area contributed by atoms with E-state index < -0.39 is 0 Å². The standard InChI is InChI=1S/C15H30N2O/c1-12-5-9-17(10-6-12)8-4-7-16-13-11-14(18)15(13,2)3/h12-14,16,18H,4-11H2,1-3H3. The van der Waals surface area contributed by atoms with Crippen LogP contribution in [-0.4, -0.2) is 48.3 Å². The maximum absolute atomic E-state index is 9.68. The van der Waals surface area contributed by atoms with Gasteiger partial charge in [0.25, 0.3) is 0 Å². The SMILES string of the molecule is CC1CCN(CCCNC2CC(O)C2(C)C)CC1. The first-order valence-electron chi connectivity index (χ1n) is 7.64. The lowest BCUT2D eigenvalue weighted by Crippen LogP contribution is -2.60.